The van der Waals surface area contributed by atoms with E-state index < -0.39 is 0 Å². The molecule has 0 fully saturated rings. The minimum absolute atomic E-state index is 0.464. The lowest BCUT2D eigenvalue weighted by Crippen LogP contribution is -2.29. The van der Waals surface area contributed by atoms with Gasteiger partial charge in [0.1, 0.15) is 0 Å². The second-order valence-electron chi connectivity index (χ2n) is 4.59. The van der Waals surface area contributed by atoms with Crippen LogP contribution in [0.25, 0.3) is 0 Å². The van der Waals surface area contributed by atoms with Gasteiger partial charge in [-0.3, -0.25) is 0 Å². The van der Waals surface area contributed by atoms with Crippen LogP contribution in [0.15, 0.2) is 11.6 Å². The van der Waals surface area contributed by atoms with Crippen LogP contribution in [0.5, 0.6) is 0 Å². The smallest absolute Gasteiger partial charge is 0.0162 e. The fourth-order valence-electron chi connectivity index (χ4n) is 1.99. The van der Waals surface area contributed by atoms with Gasteiger partial charge in [0.25, 0.3) is 0 Å². The van der Waals surface area contributed by atoms with Crippen LogP contribution in [0.1, 0.15) is 27.2 Å². The highest BCUT2D eigenvalue weighted by molar-refractivity contribution is 5.05. The standard InChI is InChI=1S/C10H19N/c1-9-5-6-11(4)8-10(2,3)7-9/h5H,6-8H2,1-4H3. The van der Waals surface area contributed by atoms with Crippen molar-refractivity contribution < 1.29 is 0 Å². The molecule has 0 bridgehead atoms. The molecule has 1 aliphatic heterocycles. The third-order valence-electron chi connectivity index (χ3n) is 2.21. The molecule has 0 aromatic carbocycles. The molecule has 0 spiro atoms. The molecule has 0 unspecified atom stereocenters. The average molecular weight is 153 g/mol. The zero-order chi connectivity index (χ0) is 8.48. The number of allylic oxidation sites excluding steroid dienone is 1. The van der Waals surface area contributed by atoms with Gasteiger partial charge in [-0.05, 0) is 25.8 Å². The van der Waals surface area contributed by atoms with Gasteiger partial charge >= 0.3 is 0 Å². The highest BCUT2D eigenvalue weighted by Gasteiger charge is 2.22. The monoisotopic (exact) mass is 153 g/mol. The molecule has 0 atom stereocenters. The van der Waals surface area contributed by atoms with Crippen LogP contribution in [0, 0.1) is 5.41 Å². The van der Waals surface area contributed by atoms with Gasteiger partial charge in [0, 0.05) is 13.1 Å². The first-order valence-electron chi connectivity index (χ1n) is 4.34. The summed E-state index contributed by atoms with van der Waals surface area (Å²) >= 11 is 0. The predicted octanol–water partition coefficient (Wildman–Crippen LogP) is 2.29. The first-order valence-corrected chi connectivity index (χ1v) is 4.34. The van der Waals surface area contributed by atoms with Crippen molar-refractivity contribution in [2.75, 3.05) is 20.1 Å². The minimum Gasteiger partial charge on any atom is -0.302 e. The van der Waals surface area contributed by atoms with Crippen LogP contribution in [0.2, 0.25) is 0 Å². The van der Waals surface area contributed by atoms with Crippen molar-refractivity contribution in [2.24, 2.45) is 5.41 Å². The van der Waals surface area contributed by atoms with Crippen LogP contribution >= 0.6 is 0 Å². The van der Waals surface area contributed by atoms with E-state index in [2.05, 4.69) is 38.8 Å². The predicted molar refractivity (Wildman–Crippen MR) is 49.7 cm³/mol. The first-order chi connectivity index (χ1) is 4.99. The van der Waals surface area contributed by atoms with Gasteiger partial charge in [-0.2, -0.15) is 0 Å². The molecule has 11 heavy (non-hydrogen) atoms. The third kappa shape index (κ3) is 2.66. The molecular formula is C10H19N. The normalized spacial score (nSPS) is 26.0. The molecule has 1 heterocycles. The van der Waals surface area contributed by atoms with Crippen LogP contribution in [-0.2, 0) is 0 Å². The van der Waals surface area contributed by atoms with E-state index >= 15 is 0 Å². The molecule has 0 saturated carbocycles. The molecule has 0 saturated heterocycles. The second-order valence-corrected chi connectivity index (χ2v) is 4.59. The molecule has 0 N–H and O–H groups in total. The number of likely N-dealkylation sites (N-methyl/N-ethyl adjacent to an activating group) is 1. The Hall–Kier alpha value is -0.300. The summed E-state index contributed by atoms with van der Waals surface area (Å²) in [6.45, 7) is 9.25. The topological polar surface area (TPSA) is 3.24 Å². The summed E-state index contributed by atoms with van der Waals surface area (Å²) in [6, 6.07) is 0. The van der Waals surface area contributed by atoms with Gasteiger partial charge in [0.2, 0.25) is 0 Å². The summed E-state index contributed by atoms with van der Waals surface area (Å²) < 4.78 is 0. The van der Waals surface area contributed by atoms with Gasteiger partial charge < -0.3 is 4.90 Å². The van der Waals surface area contributed by atoms with Gasteiger partial charge in [-0.15, -0.1) is 0 Å². The molecule has 0 amide bonds. The SMILES string of the molecule is CC1=CCN(C)CC(C)(C)C1. The quantitative estimate of drug-likeness (QED) is 0.483. The number of hydrogen-bond donors (Lipinski definition) is 0. The Morgan fingerprint density at radius 2 is 2.09 bits per heavy atom. The van der Waals surface area contributed by atoms with Crippen LogP contribution < -0.4 is 0 Å². The maximum Gasteiger partial charge on any atom is 0.0162 e. The highest BCUT2D eigenvalue weighted by Crippen LogP contribution is 2.27. The van der Waals surface area contributed by atoms with E-state index in [0.717, 1.165) is 6.54 Å². The summed E-state index contributed by atoms with van der Waals surface area (Å²) in [5.41, 5.74) is 2.01. The molecular weight excluding hydrogens is 134 g/mol. The van der Waals surface area contributed by atoms with Crippen molar-refractivity contribution in [2.45, 2.75) is 27.2 Å². The van der Waals surface area contributed by atoms with E-state index in [1.807, 2.05) is 0 Å². The fraction of sp³-hybridized carbons (Fsp3) is 0.800. The van der Waals surface area contributed by atoms with E-state index in [-0.39, 0.29) is 0 Å². The minimum atomic E-state index is 0.464. The van der Waals surface area contributed by atoms with E-state index in [9.17, 15) is 0 Å². The second kappa shape index (κ2) is 2.98. The maximum absolute atomic E-state index is 2.39. The maximum atomic E-state index is 2.39. The highest BCUT2D eigenvalue weighted by atomic mass is 15.1. The molecule has 1 aliphatic rings. The molecule has 64 valence electrons. The molecule has 1 nitrogen and oxygen atoms in total. The lowest BCUT2D eigenvalue weighted by atomic mass is 9.86. The van der Waals surface area contributed by atoms with Gasteiger partial charge in [0.05, 0.1) is 0 Å². The number of nitrogens with zero attached hydrogens (tertiary/aromatic N) is 1. The van der Waals surface area contributed by atoms with E-state index in [1.54, 1.807) is 5.57 Å². The van der Waals surface area contributed by atoms with Crippen molar-refractivity contribution >= 4 is 0 Å². The molecule has 0 aliphatic carbocycles. The van der Waals surface area contributed by atoms with Gasteiger partial charge in [0.15, 0.2) is 0 Å². The summed E-state index contributed by atoms with van der Waals surface area (Å²) in [6.07, 6.45) is 3.59. The Bertz CT molecular complexity index is 168. The largest absolute Gasteiger partial charge is 0.302 e. The van der Waals surface area contributed by atoms with Crippen molar-refractivity contribution in [1.29, 1.82) is 0 Å². The molecule has 0 radical (unpaired) electrons. The number of rotatable bonds is 0. The molecule has 1 rings (SSSR count). The molecule has 0 aromatic rings. The van der Waals surface area contributed by atoms with E-state index in [0.29, 0.717) is 5.41 Å². The Kier molecular flexibility index (Phi) is 2.38. The lowest BCUT2D eigenvalue weighted by Gasteiger charge is -2.27. The Morgan fingerprint density at radius 3 is 2.73 bits per heavy atom. The summed E-state index contributed by atoms with van der Waals surface area (Å²) in [4.78, 5) is 2.39. The van der Waals surface area contributed by atoms with Gasteiger partial charge in [-0.1, -0.05) is 25.5 Å². The molecule has 0 aromatic heterocycles. The van der Waals surface area contributed by atoms with E-state index in [1.165, 1.54) is 13.0 Å². The fourth-order valence-corrected chi connectivity index (χ4v) is 1.99. The lowest BCUT2D eigenvalue weighted by molar-refractivity contribution is 0.233. The van der Waals surface area contributed by atoms with E-state index in [4.69, 9.17) is 0 Å². The van der Waals surface area contributed by atoms with Crippen molar-refractivity contribution in [3.8, 4) is 0 Å². The van der Waals surface area contributed by atoms with Crippen LogP contribution in [-0.4, -0.2) is 25.0 Å². The molecule has 1 heteroatoms. The van der Waals surface area contributed by atoms with Crippen LogP contribution in [0.4, 0.5) is 0 Å². The van der Waals surface area contributed by atoms with Crippen molar-refractivity contribution in [3.63, 3.8) is 0 Å². The Balaban J connectivity index is 2.69. The zero-order valence-electron chi connectivity index (χ0n) is 8.15. The average Bonchev–Trinajstić information content (AvgIpc) is 1.89. The summed E-state index contributed by atoms with van der Waals surface area (Å²) in [5, 5.41) is 0. The summed E-state index contributed by atoms with van der Waals surface area (Å²) in [5.74, 6) is 0. The van der Waals surface area contributed by atoms with Crippen LogP contribution in [0.3, 0.4) is 0 Å². The third-order valence-corrected chi connectivity index (χ3v) is 2.21. The Labute approximate surface area is 70.1 Å². The Morgan fingerprint density at radius 1 is 1.45 bits per heavy atom. The van der Waals surface area contributed by atoms with Crippen molar-refractivity contribution in [1.82, 2.24) is 4.90 Å². The van der Waals surface area contributed by atoms with Crippen molar-refractivity contribution in [3.05, 3.63) is 11.6 Å². The number of hydrogen-bond acceptors (Lipinski definition) is 1. The zero-order valence-corrected chi connectivity index (χ0v) is 8.15. The first kappa shape index (κ1) is 8.79. The van der Waals surface area contributed by atoms with Gasteiger partial charge in [-0.25, -0.2) is 0 Å². The summed E-state index contributed by atoms with van der Waals surface area (Å²) in [7, 11) is 2.19.